The predicted molar refractivity (Wildman–Crippen MR) is 79.8 cm³/mol. The van der Waals surface area contributed by atoms with Crippen molar-refractivity contribution in [3.8, 4) is 17.6 Å². The lowest BCUT2D eigenvalue weighted by Gasteiger charge is -2.12. The molecule has 0 aliphatic heterocycles. The quantitative estimate of drug-likeness (QED) is 0.794. The van der Waals surface area contributed by atoms with E-state index in [1.165, 1.54) is 14.2 Å². The van der Waals surface area contributed by atoms with Gasteiger partial charge >= 0.3 is 5.97 Å². The van der Waals surface area contributed by atoms with Gasteiger partial charge in [-0.05, 0) is 29.8 Å². The van der Waals surface area contributed by atoms with Crippen molar-refractivity contribution in [3.05, 3.63) is 59.2 Å². The van der Waals surface area contributed by atoms with Gasteiger partial charge in [-0.2, -0.15) is 5.26 Å². The Morgan fingerprint density at radius 3 is 2.45 bits per heavy atom. The molecule has 2 aromatic carbocycles. The van der Waals surface area contributed by atoms with Gasteiger partial charge in [0.15, 0.2) is 0 Å². The Balaban J connectivity index is 2.19. The van der Waals surface area contributed by atoms with Gasteiger partial charge in [0.2, 0.25) is 0 Å². The molecule has 0 aliphatic carbocycles. The second-order valence-electron chi connectivity index (χ2n) is 4.45. The highest BCUT2D eigenvalue weighted by Crippen LogP contribution is 2.26. The summed E-state index contributed by atoms with van der Waals surface area (Å²) in [5.74, 6) is 0.496. The minimum atomic E-state index is -0.475. The molecule has 0 saturated heterocycles. The van der Waals surface area contributed by atoms with Gasteiger partial charge in [-0.1, -0.05) is 12.1 Å². The van der Waals surface area contributed by atoms with Crippen LogP contribution >= 0.6 is 0 Å². The summed E-state index contributed by atoms with van der Waals surface area (Å²) in [5.41, 5.74) is 1.80. The zero-order valence-electron chi connectivity index (χ0n) is 12.3. The second-order valence-corrected chi connectivity index (χ2v) is 4.45. The standard InChI is InChI=1S/C17H15NO4/c1-20-14-7-8-15(17(19)21-2)16(9-14)22-11-13-5-3-12(10-18)4-6-13/h3-9H,11H2,1-2H3. The summed E-state index contributed by atoms with van der Waals surface area (Å²) in [6.07, 6.45) is 0. The lowest BCUT2D eigenvalue weighted by Crippen LogP contribution is -2.06. The van der Waals surface area contributed by atoms with Crippen molar-refractivity contribution < 1.29 is 19.0 Å². The van der Waals surface area contributed by atoms with Gasteiger partial charge < -0.3 is 14.2 Å². The molecule has 0 N–H and O–H groups in total. The van der Waals surface area contributed by atoms with E-state index in [2.05, 4.69) is 6.07 Å². The molecule has 5 heteroatoms. The fourth-order valence-corrected chi connectivity index (χ4v) is 1.86. The maximum atomic E-state index is 11.7. The van der Waals surface area contributed by atoms with Crippen LogP contribution in [0.15, 0.2) is 42.5 Å². The van der Waals surface area contributed by atoms with E-state index in [1.54, 1.807) is 42.5 Å². The third kappa shape index (κ3) is 3.55. The topological polar surface area (TPSA) is 68.6 Å². The number of benzene rings is 2. The summed E-state index contributed by atoms with van der Waals surface area (Å²) in [6, 6.07) is 14.0. The van der Waals surface area contributed by atoms with Crippen molar-refractivity contribution in [2.75, 3.05) is 14.2 Å². The molecule has 0 atom stereocenters. The van der Waals surface area contributed by atoms with E-state index in [0.29, 0.717) is 22.6 Å². The van der Waals surface area contributed by atoms with Crippen molar-refractivity contribution in [3.63, 3.8) is 0 Å². The number of carbonyl (C=O) groups is 1. The monoisotopic (exact) mass is 297 g/mol. The van der Waals surface area contributed by atoms with Crippen molar-refractivity contribution in [2.45, 2.75) is 6.61 Å². The van der Waals surface area contributed by atoms with Crippen LogP contribution in [0.4, 0.5) is 0 Å². The van der Waals surface area contributed by atoms with Crippen molar-refractivity contribution in [2.24, 2.45) is 0 Å². The van der Waals surface area contributed by atoms with E-state index in [9.17, 15) is 4.79 Å². The van der Waals surface area contributed by atoms with E-state index in [4.69, 9.17) is 19.5 Å². The molecule has 0 amide bonds. The molecule has 0 unspecified atom stereocenters. The van der Waals surface area contributed by atoms with Crippen LogP contribution in [0.5, 0.6) is 11.5 Å². The highest BCUT2D eigenvalue weighted by Gasteiger charge is 2.14. The third-order valence-corrected chi connectivity index (χ3v) is 3.07. The fraction of sp³-hybridized carbons (Fsp3) is 0.176. The maximum absolute atomic E-state index is 11.7. The SMILES string of the molecule is COC(=O)c1ccc(OC)cc1OCc1ccc(C#N)cc1. The Kier molecular flexibility index (Phi) is 4.99. The summed E-state index contributed by atoms with van der Waals surface area (Å²) in [4.78, 5) is 11.7. The van der Waals surface area contributed by atoms with Crippen LogP contribution in [0, 0.1) is 11.3 Å². The van der Waals surface area contributed by atoms with Gasteiger partial charge in [-0.15, -0.1) is 0 Å². The van der Waals surface area contributed by atoms with E-state index < -0.39 is 5.97 Å². The molecular weight excluding hydrogens is 282 g/mol. The highest BCUT2D eigenvalue weighted by molar-refractivity contribution is 5.92. The molecule has 0 fully saturated rings. The molecule has 0 radical (unpaired) electrons. The largest absolute Gasteiger partial charge is 0.497 e. The molecule has 2 aromatic rings. The number of methoxy groups -OCH3 is 2. The Morgan fingerprint density at radius 1 is 1.14 bits per heavy atom. The van der Waals surface area contributed by atoms with Crippen LogP contribution in [0.2, 0.25) is 0 Å². The molecule has 0 heterocycles. The first-order valence-corrected chi connectivity index (χ1v) is 6.56. The normalized spacial score (nSPS) is 9.68. The average Bonchev–Trinajstić information content (AvgIpc) is 2.59. The maximum Gasteiger partial charge on any atom is 0.341 e. The first-order chi connectivity index (χ1) is 10.7. The summed E-state index contributed by atoms with van der Waals surface area (Å²) in [6.45, 7) is 0.267. The minimum Gasteiger partial charge on any atom is -0.497 e. The van der Waals surface area contributed by atoms with Crippen LogP contribution in [0.3, 0.4) is 0 Å². The first-order valence-electron chi connectivity index (χ1n) is 6.56. The Morgan fingerprint density at radius 2 is 1.86 bits per heavy atom. The molecule has 0 saturated carbocycles. The summed E-state index contributed by atoms with van der Waals surface area (Å²) >= 11 is 0. The van der Waals surface area contributed by atoms with Gasteiger partial charge in [-0.25, -0.2) is 4.79 Å². The summed E-state index contributed by atoms with van der Waals surface area (Å²) in [7, 11) is 2.86. The van der Waals surface area contributed by atoms with Gasteiger partial charge in [0, 0.05) is 6.07 Å². The van der Waals surface area contributed by atoms with Crippen molar-refractivity contribution >= 4 is 5.97 Å². The molecule has 112 valence electrons. The molecule has 0 aromatic heterocycles. The van der Waals surface area contributed by atoms with Gasteiger partial charge in [0.1, 0.15) is 23.7 Å². The second kappa shape index (κ2) is 7.14. The van der Waals surface area contributed by atoms with Crippen LogP contribution in [0.1, 0.15) is 21.5 Å². The lowest BCUT2D eigenvalue weighted by molar-refractivity contribution is 0.0595. The zero-order chi connectivity index (χ0) is 15.9. The lowest BCUT2D eigenvalue weighted by atomic mass is 10.1. The van der Waals surface area contributed by atoms with E-state index in [-0.39, 0.29) is 6.61 Å². The molecule has 22 heavy (non-hydrogen) atoms. The number of rotatable bonds is 5. The Labute approximate surface area is 128 Å². The van der Waals surface area contributed by atoms with Crippen molar-refractivity contribution in [1.82, 2.24) is 0 Å². The van der Waals surface area contributed by atoms with Crippen LogP contribution in [-0.4, -0.2) is 20.2 Å². The number of nitriles is 1. The third-order valence-electron chi connectivity index (χ3n) is 3.07. The number of esters is 1. The molecule has 2 rings (SSSR count). The fourth-order valence-electron chi connectivity index (χ4n) is 1.86. The molecule has 0 spiro atoms. The molecule has 5 nitrogen and oxygen atoms in total. The smallest absolute Gasteiger partial charge is 0.341 e. The number of ether oxygens (including phenoxy) is 3. The summed E-state index contributed by atoms with van der Waals surface area (Å²) in [5, 5.41) is 8.77. The van der Waals surface area contributed by atoms with Gasteiger partial charge in [0.25, 0.3) is 0 Å². The van der Waals surface area contributed by atoms with Crippen LogP contribution < -0.4 is 9.47 Å². The van der Waals surface area contributed by atoms with Crippen LogP contribution in [-0.2, 0) is 11.3 Å². The van der Waals surface area contributed by atoms with E-state index in [1.807, 2.05) is 0 Å². The van der Waals surface area contributed by atoms with Gasteiger partial charge in [0.05, 0.1) is 25.9 Å². The van der Waals surface area contributed by atoms with Crippen molar-refractivity contribution in [1.29, 1.82) is 5.26 Å². The molecular formula is C17H15NO4. The summed E-state index contributed by atoms with van der Waals surface area (Å²) < 4.78 is 15.6. The Bertz CT molecular complexity index is 702. The highest BCUT2D eigenvalue weighted by atomic mass is 16.5. The molecule has 0 aliphatic rings. The minimum absolute atomic E-state index is 0.267. The van der Waals surface area contributed by atoms with E-state index in [0.717, 1.165) is 5.56 Å². The number of hydrogen-bond acceptors (Lipinski definition) is 5. The zero-order valence-corrected chi connectivity index (χ0v) is 12.3. The van der Waals surface area contributed by atoms with Gasteiger partial charge in [-0.3, -0.25) is 0 Å². The number of carbonyl (C=O) groups excluding carboxylic acids is 1. The predicted octanol–water partition coefficient (Wildman–Crippen LogP) is 2.93. The first kappa shape index (κ1) is 15.4. The van der Waals surface area contributed by atoms with E-state index >= 15 is 0 Å². The van der Waals surface area contributed by atoms with Crippen LogP contribution in [0.25, 0.3) is 0 Å². The average molecular weight is 297 g/mol. The molecule has 0 bridgehead atoms. The Hall–Kier alpha value is -3.00. The number of hydrogen-bond donors (Lipinski definition) is 0. The number of nitrogens with zero attached hydrogens (tertiary/aromatic N) is 1.